The van der Waals surface area contributed by atoms with Crippen LogP contribution in [0, 0.1) is 0 Å². The molecule has 1 fully saturated rings. The second-order valence-corrected chi connectivity index (χ2v) is 4.34. The van der Waals surface area contributed by atoms with Gasteiger partial charge in [0.05, 0.1) is 18.8 Å². The predicted molar refractivity (Wildman–Crippen MR) is 56.1 cm³/mol. The minimum atomic E-state index is -0.386. The second-order valence-electron chi connectivity index (χ2n) is 4.34. The quantitative estimate of drug-likeness (QED) is 0.648. The van der Waals surface area contributed by atoms with Crippen LogP contribution in [0.1, 0.15) is 20.3 Å². The molecule has 1 aliphatic heterocycles. The van der Waals surface area contributed by atoms with E-state index in [1.807, 2.05) is 13.8 Å². The molecule has 0 aromatic rings. The molecule has 0 bridgehead atoms. The molecule has 0 aliphatic carbocycles. The molecule has 0 radical (unpaired) electrons. The lowest BCUT2D eigenvalue weighted by molar-refractivity contribution is -0.00592. The van der Waals surface area contributed by atoms with Gasteiger partial charge >= 0.3 is 0 Å². The molecular formula is C10H22N2O2. The highest BCUT2D eigenvalue weighted by Gasteiger charge is 2.21. The van der Waals surface area contributed by atoms with Crippen LogP contribution in [0.15, 0.2) is 0 Å². The Morgan fingerprint density at radius 3 is 2.79 bits per heavy atom. The fourth-order valence-electron chi connectivity index (χ4n) is 1.68. The topological polar surface area (TPSA) is 58.7 Å². The van der Waals surface area contributed by atoms with Gasteiger partial charge in [-0.3, -0.25) is 4.90 Å². The van der Waals surface area contributed by atoms with Crippen molar-refractivity contribution in [2.75, 3.05) is 26.2 Å². The highest BCUT2D eigenvalue weighted by Crippen LogP contribution is 2.07. The maximum Gasteiger partial charge on any atom is 0.0900 e. The summed E-state index contributed by atoms with van der Waals surface area (Å²) in [5.74, 6) is 0. The molecule has 0 aromatic heterocycles. The molecule has 1 unspecified atom stereocenters. The van der Waals surface area contributed by atoms with E-state index >= 15 is 0 Å². The normalized spacial score (nSPS) is 25.9. The van der Waals surface area contributed by atoms with E-state index in [9.17, 15) is 5.11 Å². The highest BCUT2D eigenvalue weighted by molar-refractivity contribution is 4.79. The summed E-state index contributed by atoms with van der Waals surface area (Å²) >= 11 is 0. The van der Waals surface area contributed by atoms with Crippen LogP contribution in [0.25, 0.3) is 0 Å². The molecule has 1 saturated heterocycles. The summed E-state index contributed by atoms with van der Waals surface area (Å²) in [6.45, 7) is 6.94. The van der Waals surface area contributed by atoms with Gasteiger partial charge in [0.25, 0.3) is 0 Å². The summed E-state index contributed by atoms with van der Waals surface area (Å²) in [5.41, 5.74) is 5.77. The van der Waals surface area contributed by atoms with E-state index < -0.39 is 0 Å². The van der Waals surface area contributed by atoms with Crippen molar-refractivity contribution in [2.24, 2.45) is 5.73 Å². The van der Waals surface area contributed by atoms with Crippen LogP contribution < -0.4 is 5.73 Å². The number of aliphatic hydroxyl groups is 1. The Labute approximate surface area is 86.0 Å². The van der Waals surface area contributed by atoms with E-state index in [4.69, 9.17) is 10.5 Å². The van der Waals surface area contributed by atoms with Gasteiger partial charge in [-0.2, -0.15) is 0 Å². The number of rotatable bonds is 5. The molecule has 3 N–H and O–H groups in total. The van der Waals surface area contributed by atoms with Crippen molar-refractivity contribution in [1.29, 1.82) is 0 Å². The lowest BCUT2D eigenvalue weighted by Crippen LogP contribution is -2.35. The number of nitrogens with zero attached hydrogens (tertiary/aromatic N) is 1. The first-order valence-corrected chi connectivity index (χ1v) is 5.35. The number of aliphatic hydroxyl groups excluding tert-OH is 1. The fraction of sp³-hybridized carbons (Fsp3) is 1.00. The van der Waals surface area contributed by atoms with Gasteiger partial charge in [0.1, 0.15) is 0 Å². The monoisotopic (exact) mass is 202 g/mol. The average molecular weight is 202 g/mol. The maximum absolute atomic E-state index is 9.64. The first-order chi connectivity index (χ1) is 6.58. The Morgan fingerprint density at radius 1 is 1.57 bits per heavy atom. The van der Waals surface area contributed by atoms with E-state index in [-0.39, 0.29) is 18.2 Å². The molecule has 14 heavy (non-hydrogen) atoms. The third-order valence-corrected chi connectivity index (χ3v) is 2.40. The van der Waals surface area contributed by atoms with Gasteiger partial charge < -0.3 is 15.6 Å². The van der Waals surface area contributed by atoms with Crippen molar-refractivity contribution in [1.82, 2.24) is 4.90 Å². The van der Waals surface area contributed by atoms with E-state index in [1.165, 1.54) is 0 Å². The van der Waals surface area contributed by atoms with Gasteiger partial charge in [0.2, 0.25) is 0 Å². The highest BCUT2D eigenvalue weighted by atomic mass is 16.5. The van der Waals surface area contributed by atoms with Crippen molar-refractivity contribution in [3.05, 3.63) is 0 Å². The molecule has 0 saturated carbocycles. The van der Waals surface area contributed by atoms with Crippen molar-refractivity contribution >= 4 is 0 Å². The Morgan fingerprint density at radius 2 is 2.29 bits per heavy atom. The SMILES string of the molecule is CC(C)OCC(O)CN1CC[C@@H](N)C1. The molecule has 0 aromatic carbocycles. The molecule has 0 amide bonds. The third-order valence-electron chi connectivity index (χ3n) is 2.40. The van der Waals surface area contributed by atoms with Gasteiger partial charge in [-0.15, -0.1) is 0 Å². The number of likely N-dealkylation sites (tertiary alicyclic amines) is 1. The van der Waals surface area contributed by atoms with Gasteiger partial charge in [-0.1, -0.05) is 0 Å². The van der Waals surface area contributed by atoms with Crippen LogP contribution in [0.2, 0.25) is 0 Å². The summed E-state index contributed by atoms with van der Waals surface area (Å²) in [4.78, 5) is 2.19. The molecule has 0 spiro atoms. The minimum Gasteiger partial charge on any atom is -0.389 e. The Kier molecular flexibility index (Phi) is 4.81. The van der Waals surface area contributed by atoms with Gasteiger partial charge in [0.15, 0.2) is 0 Å². The third kappa shape index (κ3) is 4.37. The zero-order chi connectivity index (χ0) is 10.6. The van der Waals surface area contributed by atoms with Crippen molar-refractivity contribution < 1.29 is 9.84 Å². The Bertz CT molecular complexity index is 164. The Balaban J connectivity index is 2.10. The second kappa shape index (κ2) is 5.66. The standard InChI is InChI=1S/C10H22N2O2/c1-8(2)14-7-10(13)6-12-4-3-9(11)5-12/h8-10,13H,3-7,11H2,1-2H3/t9-,10?/m1/s1. The lowest BCUT2D eigenvalue weighted by atomic mass is 10.3. The molecule has 4 heteroatoms. The summed E-state index contributed by atoms with van der Waals surface area (Å²) in [5, 5.41) is 9.64. The fourth-order valence-corrected chi connectivity index (χ4v) is 1.68. The molecule has 1 heterocycles. The smallest absolute Gasteiger partial charge is 0.0900 e. The van der Waals surface area contributed by atoms with Gasteiger partial charge in [0, 0.05) is 19.1 Å². The summed E-state index contributed by atoms with van der Waals surface area (Å²) < 4.78 is 5.33. The predicted octanol–water partition coefficient (Wildman–Crippen LogP) is -0.195. The van der Waals surface area contributed by atoms with Gasteiger partial charge in [-0.25, -0.2) is 0 Å². The molecule has 4 nitrogen and oxygen atoms in total. The van der Waals surface area contributed by atoms with E-state index in [0.717, 1.165) is 19.5 Å². The number of nitrogens with two attached hydrogens (primary N) is 1. The molecule has 1 aliphatic rings. The minimum absolute atomic E-state index is 0.186. The molecule has 2 atom stereocenters. The average Bonchev–Trinajstić information content (AvgIpc) is 2.48. The van der Waals surface area contributed by atoms with E-state index in [2.05, 4.69) is 4.90 Å². The van der Waals surface area contributed by atoms with Crippen molar-refractivity contribution in [2.45, 2.75) is 38.5 Å². The van der Waals surface area contributed by atoms with Gasteiger partial charge in [-0.05, 0) is 26.8 Å². The number of hydrogen-bond donors (Lipinski definition) is 2. The zero-order valence-corrected chi connectivity index (χ0v) is 9.15. The van der Waals surface area contributed by atoms with Crippen LogP contribution >= 0.6 is 0 Å². The molecular weight excluding hydrogens is 180 g/mol. The van der Waals surface area contributed by atoms with Crippen LogP contribution in [-0.4, -0.2) is 54.5 Å². The largest absolute Gasteiger partial charge is 0.389 e. The maximum atomic E-state index is 9.64. The number of hydrogen-bond acceptors (Lipinski definition) is 4. The first-order valence-electron chi connectivity index (χ1n) is 5.35. The molecule has 84 valence electrons. The number of β-amino-alcohol motifs (C(OH)–C–C–N with tert-alkyl or cyclic N) is 1. The van der Waals surface area contributed by atoms with Crippen LogP contribution in [-0.2, 0) is 4.74 Å². The molecule has 1 rings (SSSR count). The van der Waals surface area contributed by atoms with E-state index in [1.54, 1.807) is 0 Å². The van der Waals surface area contributed by atoms with Crippen molar-refractivity contribution in [3.63, 3.8) is 0 Å². The van der Waals surface area contributed by atoms with Crippen LogP contribution in [0.3, 0.4) is 0 Å². The van der Waals surface area contributed by atoms with Crippen LogP contribution in [0.4, 0.5) is 0 Å². The zero-order valence-electron chi connectivity index (χ0n) is 9.15. The Hall–Kier alpha value is -0.160. The van der Waals surface area contributed by atoms with Crippen molar-refractivity contribution in [3.8, 4) is 0 Å². The van der Waals surface area contributed by atoms with Crippen LogP contribution in [0.5, 0.6) is 0 Å². The first kappa shape index (κ1) is 11.9. The summed E-state index contributed by atoms with van der Waals surface area (Å²) in [6.07, 6.45) is 0.839. The van der Waals surface area contributed by atoms with E-state index in [0.29, 0.717) is 13.2 Å². The summed E-state index contributed by atoms with van der Waals surface area (Å²) in [6, 6.07) is 0.285. The summed E-state index contributed by atoms with van der Waals surface area (Å²) in [7, 11) is 0. The number of ether oxygens (including phenoxy) is 1. The lowest BCUT2D eigenvalue weighted by Gasteiger charge is -2.20.